The van der Waals surface area contributed by atoms with Crippen LogP contribution in [0, 0.1) is 0 Å². The number of hydrogen-bond donors (Lipinski definition) is 2. The minimum atomic E-state index is -3.68. The molecule has 6 nitrogen and oxygen atoms in total. The van der Waals surface area contributed by atoms with Crippen LogP contribution in [0.15, 0.2) is 53.4 Å². The topological polar surface area (TPSA) is 84.5 Å². The summed E-state index contributed by atoms with van der Waals surface area (Å²) in [6.07, 6.45) is 0.820. The third kappa shape index (κ3) is 4.00. The van der Waals surface area contributed by atoms with E-state index in [9.17, 15) is 13.2 Å². The van der Waals surface area contributed by atoms with Gasteiger partial charge in [-0.05, 0) is 36.1 Å². The van der Waals surface area contributed by atoms with Gasteiger partial charge in [-0.25, -0.2) is 13.1 Å². The van der Waals surface area contributed by atoms with Crippen molar-refractivity contribution in [2.75, 3.05) is 18.5 Å². The highest BCUT2D eigenvalue weighted by atomic mass is 32.2. The first-order valence-corrected chi connectivity index (χ1v) is 9.59. The zero-order valence-electron chi connectivity index (χ0n) is 13.9. The number of carbonyl (C=O) groups is 1. The molecule has 1 unspecified atom stereocenters. The lowest BCUT2D eigenvalue weighted by atomic mass is 9.97. The molecule has 132 valence electrons. The summed E-state index contributed by atoms with van der Waals surface area (Å²) in [4.78, 5) is 11.5. The highest BCUT2D eigenvalue weighted by Gasteiger charge is 2.22. The molecular weight excluding hydrogens is 340 g/mol. The molecule has 0 fully saturated rings. The van der Waals surface area contributed by atoms with Crippen molar-refractivity contribution in [2.24, 2.45) is 0 Å². The Labute approximate surface area is 147 Å². The van der Waals surface area contributed by atoms with Crippen molar-refractivity contribution < 1.29 is 17.9 Å². The van der Waals surface area contributed by atoms with Crippen LogP contribution in [0.4, 0.5) is 5.69 Å². The van der Waals surface area contributed by atoms with Crippen LogP contribution in [0.2, 0.25) is 0 Å². The Morgan fingerprint density at radius 1 is 1.20 bits per heavy atom. The first-order chi connectivity index (χ1) is 12.0. The number of amides is 1. The molecule has 0 aromatic heterocycles. The Morgan fingerprint density at radius 3 is 2.68 bits per heavy atom. The predicted molar refractivity (Wildman–Crippen MR) is 95.2 cm³/mol. The maximum atomic E-state index is 12.6. The minimum Gasteiger partial charge on any atom is -0.482 e. The number of fused-ring (bicyclic) bond motifs is 1. The summed E-state index contributed by atoms with van der Waals surface area (Å²) in [7, 11) is -3.68. The van der Waals surface area contributed by atoms with E-state index in [1.54, 1.807) is 6.07 Å². The van der Waals surface area contributed by atoms with Gasteiger partial charge in [0.15, 0.2) is 6.61 Å². The molecular formula is C18H20N2O4S. The number of benzene rings is 2. The molecule has 1 aliphatic rings. The molecule has 2 aromatic carbocycles. The van der Waals surface area contributed by atoms with E-state index in [0.717, 1.165) is 12.0 Å². The Morgan fingerprint density at radius 2 is 1.96 bits per heavy atom. The number of rotatable bonds is 6. The largest absolute Gasteiger partial charge is 0.482 e. The summed E-state index contributed by atoms with van der Waals surface area (Å²) < 4.78 is 33.1. The standard InChI is InChI=1S/C18H20N2O4S/c1-2-13(14-6-4-3-5-7-14)11-19-25(22,23)15-8-9-17-16(10-15)20-18(21)12-24-17/h3-10,13,19H,2,11-12H2,1H3,(H,20,21). The number of ether oxygens (including phenoxy) is 1. The third-order valence-corrected chi connectivity index (χ3v) is 5.60. The summed E-state index contributed by atoms with van der Waals surface area (Å²) in [5.74, 6) is 0.260. The van der Waals surface area contributed by atoms with Crippen LogP contribution in [0.25, 0.3) is 0 Å². The lowest BCUT2D eigenvalue weighted by Gasteiger charge is -2.19. The second kappa shape index (κ2) is 7.25. The van der Waals surface area contributed by atoms with Crippen LogP contribution in [0.1, 0.15) is 24.8 Å². The number of carbonyl (C=O) groups excluding carboxylic acids is 1. The molecule has 25 heavy (non-hydrogen) atoms. The third-order valence-electron chi connectivity index (χ3n) is 4.18. The Hall–Kier alpha value is -2.38. The summed E-state index contributed by atoms with van der Waals surface area (Å²) in [5.41, 5.74) is 1.47. The molecule has 1 aliphatic heterocycles. The molecule has 1 amide bonds. The Balaban J connectivity index is 1.76. The molecule has 2 N–H and O–H groups in total. The zero-order valence-corrected chi connectivity index (χ0v) is 14.7. The Bertz CT molecular complexity index is 866. The maximum Gasteiger partial charge on any atom is 0.262 e. The fourth-order valence-electron chi connectivity index (χ4n) is 2.75. The highest BCUT2D eigenvalue weighted by molar-refractivity contribution is 7.89. The number of hydrogen-bond acceptors (Lipinski definition) is 4. The number of sulfonamides is 1. The molecule has 3 rings (SSSR count). The zero-order chi connectivity index (χ0) is 17.9. The van der Waals surface area contributed by atoms with Gasteiger partial charge in [-0.15, -0.1) is 0 Å². The van der Waals surface area contributed by atoms with Crippen LogP contribution in [-0.2, 0) is 14.8 Å². The summed E-state index contributed by atoms with van der Waals surface area (Å²) in [6.45, 7) is 2.27. The predicted octanol–water partition coefficient (Wildman–Crippen LogP) is 2.49. The molecule has 0 spiro atoms. The first kappa shape index (κ1) is 17.4. The average Bonchev–Trinajstić information content (AvgIpc) is 2.62. The molecule has 0 radical (unpaired) electrons. The van der Waals surface area contributed by atoms with E-state index in [4.69, 9.17) is 4.74 Å². The van der Waals surface area contributed by atoms with Crippen LogP contribution >= 0.6 is 0 Å². The van der Waals surface area contributed by atoms with E-state index in [-0.39, 0.29) is 23.3 Å². The van der Waals surface area contributed by atoms with Gasteiger partial charge in [0.25, 0.3) is 5.91 Å². The van der Waals surface area contributed by atoms with Crippen molar-refractivity contribution in [3.63, 3.8) is 0 Å². The maximum absolute atomic E-state index is 12.6. The second-order valence-electron chi connectivity index (χ2n) is 5.86. The van der Waals surface area contributed by atoms with Gasteiger partial charge in [-0.2, -0.15) is 0 Å². The van der Waals surface area contributed by atoms with Crippen LogP contribution in [0.5, 0.6) is 5.75 Å². The van der Waals surface area contributed by atoms with Crippen LogP contribution in [0.3, 0.4) is 0 Å². The van der Waals surface area contributed by atoms with E-state index >= 15 is 0 Å². The van der Waals surface area contributed by atoms with E-state index in [0.29, 0.717) is 18.0 Å². The summed E-state index contributed by atoms with van der Waals surface area (Å²) in [6, 6.07) is 14.3. The van der Waals surface area contributed by atoms with Crippen molar-refractivity contribution >= 4 is 21.6 Å². The molecule has 0 aliphatic carbocycles. The Kier molecular flexibility index (Phi) is 5.06. The van der Waals surface area contributed by atoms with E-state index in [2.05, 4.69) is 10.0 Å². The monoisotopic (exact) mass is 360 g/mol. The molecule has 1 heterocycles. The quantitative estimate of drug-likeness (QED) is 0.829. The fourth-order valence-corrected chi connectivity index (χ4v) is 3.85. The van der Waals surface area contributed by atoms with Crippen molar-refractivity contribution in [1.82, 2.24) is 4.72 Å². The van der Waals surface area contributed by atoms with Gasteiger partial charge in [0.1, 0.15) is 5.75 Å². The van der Waals surface area contributed by atoms with Crippen LogP contribution in [-0.4, -0.2) is 27.5 Å². The highest BCUT2D eigenvalue weighted by Crippen LogP contribution is 2.30. The van der Waals surface area contributed by atoms with Gasteiger partial charge in [0.05, 0.1) is 10.6 Å². The average molecular weight is 360 g/mol. The van der Waals surface area contributed by atoms with E-state index in [1.807, 2.05) is 37.3 Å². The van der Waals surface area contributed by atoms with Crippen molar-refractivity contribution in [1.29, 1.82) is 0 Å². The van der Waals surface area contributed by atoms with Gasteiger partial charge in [0.2, 0.25) is 10.0 Å². The molecule has 0 bridgehead atoms. The smallest absolute Gasteiger partial charge is 0.262 e. The van der Waals surface area contributed by atoms with Gasteiger partial charge >= 0.3 is 0 Å². The lowest BCUT2D eigenvalue weighted by Crippen LogP contribution is -2.29. The van der Waals surface area contributed by atoms with Gasteiger partial charge in [-0.3, -0.25) is 4.79 Å². The fraction of sp³-hybridized carbons (Fsp3) is 0.278. The first-order valence-electron chi connectivity index (χ1n) is 8.11. The SMILES string of the molecule is CCC(CNS(=O)(=O)c1ccc2c(c1)NC(=O)CO2)c1ccccc1. The van der Waals surface area contributed by atoms with E-state index in [1.165, 1.54) is 12.1 Å². The molecule has 7 heteroatoms. The van der Waals surface area contributed by atoms with Crippen molar-refractivity contribution in [3.8, 4) is 5.75 Å². The minimum absolute atomic E-state index is 0.0629. The van der Waals surface area contributed by atoms with E-state index < -0.39 is 10.0 Å². The van der Waals surface area contributed by atoms with Crippen molar-refractivity contribution in [3.05, 3.63) is 54.1 Å². The summed E-state index contributed by atoms with van der Waals surface area (Å²) >= 11 is 0. The van der Waals surface area contributed by atoms with Crippen molar-refractivity contribution in [2.45, 2.75) is 24.2 Å². The molecule has 1 atom stereocenters. The molecule has 0 saturated carbocycles. The molecule has 2 aromatic rings. The number of nitrogens with one attached hydrogen (secondary N) is 2. The van der Waals surface area contributed by atoms with Crippen LogP contribution < -0.4 is 14.8 Å². The van der Waals surface area contributed by atoms with Gasteiger partial charge in [0, 0.05) is 6.54 Å². The number of anilines is 1. The summed E-state index contributed by atoms with van der Waals surface area (Å²) in [5, 5.41) is 2.62. The van der Waals surface area contributed by atoms with Gasteiger partial charge < -0.3 is 10.1 Å². The second-order valence-corrected chi connectivity index (χ2v) is 7.63. The lowest BCUT2D eigenvalue weighted by molar-refractivity contribution is -0.118. The van der Waals surface area contributed by atoms with Gasteiger partial charge in [-0.1, -0.05) is 37.3 Å². The molecule has 0 saturated heterocycles. The normalized spacial score (nSPS) is 15.0.